The van der Waals surface area contributed by atoms with Gasteiger partial charge in [-0.25, -0.2) is 14.8 Å². The maximum atomic E-state index is 12.2. The summed E-state index contributed by atoms with van der Waals surface area (Å²) < 4.78 is 0. The van der Waals surface area contributed by atoms with Crippen molar-refractivity contribution in [3.8, 4) is 11.3 Å². The second-order valence-corrected chi connectivity index (χ2v) is 7.40. The van der Waals surface area contributed by atoms with Gasteiger partial charge in [0.15, 0.2) is 0 Å². The predicted octanol–water partition coefficient (Wildman–Crippen LogP) is 4.76. The Morgan fingerprint density at radius 2 is 1.67 bits per heavy atom. The molecule has 3 rings (SSSR count). The third kappa shape index (κ3) is 5.14. The maximum Gasteiger partial charge on any atom is 0.319 e. The first-order valence-electron chi connectivity index (χ1n) is 8.93. The summed E-state index contributed by atoms with van der Waals surface area (Å²) in [6, 6.07) is 19.4. The number of urea groups is 1. The quantitative estimate of drug-likeness (QED) is 0.705. The standard InChI is InChI=1S/C22H24N4O/c1-22(2,3)17-9-11-18(12-10-17)26-21(27)23-14-19-13-20(25-15-24-19)16-7-5-4-6-8-16/h4-13,15H,14H2,1-3H3,(H2,23,26,27). The van der Waals surface area contributed by atoms with E-state index < -0.39 is 0 Å². The summed E-state index contributed by atoms with van der Waals surface area (Å²) in [5, 5.41) is 5.67. The van der Waals surface area contributed by atoms with Gasteiger partial charge in [0.1, 0.15) is 6.33 Å². The van der Waals surface area contributed by atoms with Gasteiger partial charge < -0.3 is 10.6 Å². The summed E-state index contributed by atoms with van der Waals surface area (Å²) >= 11 is 0. The Labute approximate surface area is 159 Å². The van der Waals surface area contributed by atoms with Gasteiger partial charge in [-0.1, -0.05) is 63.2 Å². The average Bonchev–Trinajstić information content (AvgIpc) is 2.67. The van der Waals surface area contributed by atoms with Gasteiger partial charge >= 0.3 is 6.03 Å². The van der Waals surface area contributed by atoms with E-state index in [1.54, 1.807) is 0 Å². The summed E-state index contributed by atoms with van der Waals surface area (Å²) in [6.07, 6.45) is 1.52. The van der Waals surface area contributed by atoms with Gasteiger partial charge in [0.25, 0.3) is 0 Å². The van der Waals surface area contributed by atoms with E-state index in [0.717, 1.165) is 22.6 Å². The van der Waals surface area contributed by atoms with Crippen LogP contribution >= 0.6 is 0 Å². The molecule has 5 nitrogen and oxygen atoms in total. The van der Waals surface area contributed by atoms with Gasteiger partial charge in [0, 0.05) is 11.3 Å². The molecule has 3 aromatic rings. The number of hydrogen-bond donors (Lipinski definition) is 2. The first-order chi connectivity index (χ1) is 12.9. The highest BCUT2D eigenvalue weighted by molar-refractivity contribution is 5.89. The third-order valence-corrected chi connectivity index (χ3v) is 4.23. The molecule has 0 unspecified atom stereocenters. The number of anilines is 1. The Kier molecular flexibility index (Phi) is 5.50. The minimum atomic E-state index is -0.265. The highest BCUT2D eigenvalue weighted by atomic mass is 16.2. The van der Waals surface area contributed by atoms with Crippen LogP contribution in [0.3, 0.4) is 0 Å². The minimum absolute atomic E-state index is 0.0876. The largest absolute Gasteiger partial charge is 0.332 e. The number of aromatic nitrogens is 2. The molecule has 0 aliphatic rings. The molecule has 0 saturated heterocycles. The van der Waals surface area contributed by atoms with E-state index in [1.807, 2.05) is 60.7 Å². The van der Waals surface area contributed by atoms with Crippen LogP contribution < -0.4 is 10.6 Å². The zero-order chi connectivity index (χ0) is 19.3. The van der Waals surface area contributed by atoms with E-state index in [-0.39, 0.29) is 11.4 Å². The number of nitrogens with one attached hydrogen (secondary N) is 2. The number of nitrogens with zero attached hydrogens (tertiary/aromatic N) is 2. The molecule has 0 saturated carbocycles. The molecule has 2 aromatic carbocycles. The summed E-state index contributed by atoms with van der Waals surface area (Å²) in [5.74, 6) is 0. The Morgan fingerprint density at radius 1 is 0.963 bits per heavy atom. The van der Waals surface area contributed by atoms with Crippen molar-refractivity contribution >= 4 is 11.7 Å². The van der Waals surface area contributed by atoms with Crippen LogP contribution in [0.1, 0.15) is 32.0 Å². The lowest BCUT2D eigenvalue weighted by Gasteiger charge is -2.19. The first kappa shape index (κ1) is 18.6. The van der Waals surface area contributed by atoms with E-state index in [4.69, 9.17) is 0 Å². The molecule has 0 aliphatic heterocycles. The molecule has 0 radical (unpaired) electrons. The van der Waals surface area contributed by atoms with E-state index in [9.17, 15) is 4.79 Å². The van der Waals surface area contributed by atoms with Crippen LogP contribution in [-0.2, 0) is 12.0 Å². The second kappa shape index (κ2) is 7.99. The molecule has 1 heterocycles. The summed E-state index contributed by atoms with van der Waals surface area (Å²) in [5.41, 5.74) is 4.67. The lowest BCUT2D eigenvalue weighted by atomic mass is 9.87. The number of hydrogen-bond acceptors (Lipinski definition) is 3. The monoisotopic (exact) mass is 360 g/mol. The van der Waals surface area contributed by atoms with Gasteiger partial charge in [-0.3, -0.25) is 0 Å². The average molecular weight is 360 g/mol. The minimum Gasteiger partial charge on any atom is -0.332 e. The van der Waals surface area contributed by atoms with Gasteiger partial charge in [0.05, 0.1) is 17.9 Å². The molecule has 0 spiro atoms. The Morgan fingerprint density at radius 3 is 2.33 bits per heavy atom. The van der Waals surface area contributed by atoms with E-state index >= 15 is 0 Å². The Balaban J connectivity index is 1.58. The molecule has 0 atom stereocenters. The molecule has 0 aliphatic carbocycles. The molecule has 1 aromatic heterocycles. The van der Waals surface area contributed by atoms with Crippen LogP contribution in [0.5, 0.6) is 0 Å². The molecular weight excluding hydrogens is 336 g/mol. The predicted molar refractivity (Wildman–Crippen MR) is 108 cm³/mol. The number of amides is 2. The van der Waals surface area contributed by atoms with E-state index in [1.165, 1.54) is 11.9 Å². The second-order valence-electron chi connectivity index (χ2n) is 7.40. The van der Waals surface area contributed by atoms with Gasteiger partial charge in [-0.15, -0.1) is 0 Å². The number of rotatable bonds is 4. The number of carbonyl (C=O) groups is 1. The van der Waals surface area contributed by atoms with Gasteiger partial charge in [-0.2, -0.15) is 0 Å². The molecular formula is C22H24N4O. The van der Waals surface area contributed by atoms with Crippen molar-refractivity contribution in [3.63, 3.8) is 0 Å². The molecule has 2 N–H and O–H groups in total. The normalized spacial score (nSPS) is 11.1. The lowest BCUT2D eigenvalue weighted by molar-refractivity contribution is 0.251. The van der Waals surface area contributed by atoms with Crippen molar-refractivity contribution in [1.82, 2.24) is 15.3 Å². The Bertz CT molecular complexity index is 900. The smallest absolute Gasteiger partial charge is 0.319 e. The van der Waals surface area contributed by atoms with E-state index in [2.05, 4.69) is 41.4 Å². The van der Waals surface area contributed by atoms with Crippen LogP contribution in [0.15, 0.2) is 67.0 Å². The molecule has 138 valence electrons. The SMILES string of the molecule is CC(C)(C)c1ccc(NC(=O)NCc2cc(-c3ccccc3)ncn2)cc1. The highest BCUT2D eigenvalue weighted by Gasteiger charge is 2.13. The number of benzene rings is 2. The maximum absolute atomic E-state index is 12.2. The van der Waals surface area contributed by atoms with Crippen molar-refractivity contribution in [1.29, 1.82) is 0 Å². The van der Waals surface area contributed by atoms with Crippen LogP contribution in [0.4, 0.5) is 10.5 Å². The molecule has 0 fully saturated rings. The summed E-state index contributed by atoms with van der Waals surface area (Å²) in [7, 11) is 0. The third-order valence-electron chi connectivity index (χ3n) is 4.23. The van der Waals surface area contributed by atoms with Crippen molar-refractivity contribution < 1.29 is 4.79 Å². The first-order valence-corrected chi connectivity index (χ1v) is 8.93. The fourth-order valence-corrected chi connectivity index (χ4v) is 2.66. The molecule has 5 heteroatoms. The lowest BCUT2D eigenvalue weighted by Crippen LogP contribution is -2.28. The summed E-state index contributed by atoms with van der Waals surface area (Å²) in [4.78, 5) is 20.7. The highest BCUT2D eigenvalue weighted by Crippen LogP contribution is 2.23. The molecule has 0 bridgehead atoms. The van der Waals surface area contributed by atoms with Gasteiger partial charge in [0.2, 0.25) is 0 Å². The molecule has 2 amide bonds. The van der Waals surface area contributed by atoms with Crippen molar-refractivity contribution in [2.24, 2.45) is 0 Å². The van der Waals surface area contributed by atoms with Crippen molar-refractivity contribution in [2.45, 2.75) is 32.7 Å². The zero-order valence-electron chi connectivity index (χ0n) is 15.9. The number of carbonyl (C=O) groups excluding carboxylic acids is 1. The topological polar surface area (TPSA) is 66.9 Å². The summed E-state index contributed by atoms with van der Waals surface area (Å²) in [6.45, 7) is 6.81. The fourth-order valence-electron chi connectivity index (χ4n) is 2.66. The van der Waals surface area contributed by atoms with Crippen LogP contribution in [0.2, 0.25) is 0 Å². The van der Waals surface area contributed by atoms with E-state index in [0.29, 0.717) is 6.54 Å². The Hall–Kier alpha value is -3.21. The fraction of sp³-hybridized carbons (Fsp3) is 0.227. The molecule has 27 heavy (non-hydrogen) atoms. The van der Waals surface area contributed by atoms with Crippen molar-refractivity contribution in [2.75, 3.05) is 5.32 Å². The van der Waals surface area contributed by atoms with Gasteiger partial charge in [-0.05, 0) is 29.2 Å². The van der Waals surface area contributed by atoms with Crippen LogP contribution in [-0.4, -0.2) is 16.0 Å². The zero-order valence-corrected chi connectivity index (χ0v) is 15.9. The van der Waals surface area contributed by atoms with Crippen LogP contribution in [0, 0.1) is 0 Å². The van der Waals surface area contributed by atoms with Crippen molar-refractivity contribution in [3.05, 3.63) is 78.2 Å². The van der Waals surface area contributed by atoms with Crippen LogP contribution in [0.25, 0.3) is 11.3 Å².